The predicted octanol–water partition coefficient (Wildman–Crippen LogP) is 6.41. The third kappa shape index (κ3) is 8.34. The third-order valence-corrected chi connectivity index (χ3v) is 19.2. The zero-order valence-corrected chi connectivity index (χ0v) is 31.9. The van der Waals surface area contributed by atoms with Crippen LogP contribution >= 0.6 is 24.0 Å². The van der Waals surface area contributed by atoms with Crippen LogP contribution in [0.15, 0.2) is 46.1 Å². The Balaban J connectivity index is 2.10. The van der Waals surface area contributed by atoms with E-state index in [0.29, 0.717) is 10.1 Å². The molecule has 44 heavy (non-hydrogen) atoms. The highest BCUT2D eigenvalue weighted by Crippen LogP contribution is 2.43. The minimum Gasteiger partial charge on any atom is -0.497 e. The topological polar surface area (TPSA) is 90.2 Å². The number of thioether (sulfide) groups is 1. The van der Waals surface area contributed by atoms with Gasteiger partial charge in [0, 0.05) is 12.3 Å². The molecule has 13 heteroatoms. The van der Waals surface area contributed by atoms with Gasteiger partial charge in [0.1, 0.15) is 18.0 Å². The van der Waals surface area contributed by atoms with Gasteiger partial charge < -0.3 is 23.1 Å². The Labute approximate surface area is 273 Å². The molecular weight excluding hydrogens is 633 g/mol. The summed E-state index contributed by atoms with van der Waals surface area (Å²) >= 11 is 6.83. The minimum atomic E-state index is -2.36. The first-order chi connectivity index (χ1) is 20.2. The second-order valence-electron chi connectivity index (χ2n) is 14.3. The van der Waals surface area contributed by atoms with Crippen LogP contribution < -0.4 is 16.0 Å². The van der Waals surface area contributed by atoms with E-state index >= 15 is 0 Å². The van der Waals surface area contributed by atoms with E-state index in [4.69, 9.17) is 35.3 Å². The smallest absolute Gasteiger partial charge is 0.333 e. The van der Waals surface area contributed by atoms with E-state index in [1.807, 2.05) is 18.4 Å². The van der Waals surface area contributed by atoms with Gasteiger partial charge in [-0.1, -0.05) is 65.4 Å². The van der Waals surface area contributed by atoms with E-state index in [9.17, 15) is 9.59 Å². The summed E-state index contributed by atoms with van der Waals surface area (Å²) in [6.07, 6.45) is 0.561. The van der Waals surface area contributed by atoms with Crippen molar-refractivity contribution in [2.24, 2.45) is 0 Å². The van der Waals surface area contributed by atoms with Gasteiger partial charge in [-0.15, -0.1) is 0 Å². The van der Waals surface area contributed by atoms with Gasteiger partial charge in [0.25, 0.3) is 5.56 Å². The summed E-state index contributed by atoms with van der Waals surface area (Å²) in [4.78, 5) is 27.0. The fourth-order valence-corrected chi connectivity index (χ4v) is 6.95. The normalized spacial score (nSPS) is 21.4. The molecule has 0 saturated carbocycles. The Morgan fingerprint density at radius 3 is 2.07 bits per heavy atom. The maximum absolute atomic E-state index is 14.0. The van der Waals surface area contributed by atoms with E-state index in [2.05, 4.69) is 67.7 Å². The molecule has 4 atom stereocenters. The highest BCUT2D eigenvalue weighted by molar-refractivity contribution is 8.22. The zero-order chi connectivity index (χ0) is 33.3. The van der Waals surface area contributed by atoms with E-state index in [1.54, 1.807) is 19.2 Å². The van der Waals surface area contributed by atoms with Crippen LogP contribution in [-0.4, -0.2) is 68.4 Å². The van der Waals surface area contributed by atoms with Crippen molar-refractivity contribution in [3.05, 3.63) is 62.9 Å². The molecule has 246 valence electrons. The molecule has 0 unspecified atom stereocenters. The van der Waals surface area contributed by atoms with Crippen molar-refractivity contribution in [2.45, 2.75) is 109 Å². The van der Waals surface area contributed by atoms with Crippen LogP contribution in [0.1, 0.15) is 53.3 Å². The van der Waals surface area contributed by atoms with Crippen LogP contribution in [0, 0.1) is 0 Å². The molecule has 0 radical (unpaired) electrons. The standard InChI is InChI=1S/C31H50N2O7S2Si2/c1-30(2,3)43(9,10)37-20-23-25(40-44(11,12)31(4,5)6)26(39-29(41)42-8)27(38-23)32-18-17-24(34)33(28(32)35)19-21-13-15-22(36-7)16-14-21/h13-18,23,25-27H,19-20H2,1-12H3/t23-,25-,26-,27-/m1/s1. The van der Waals surface area contributed by atoms with Gasteiger partial charge in [0.2, 0.25) is 4.38 Å². The monoisotopic (exact) mass is 682 g/mol. The molecule has 0 bridgehead atoms. The maximum Gasteiger partial charge on any atom is 0.333 e. The second kappa shape index (κ2) is 13.9. The highest BCUT2D eigenvalue weighted by Gasteiger charge is 2.53. The molecule has 1 fully saturated rings. The number of ether oxygens (including phenoxy) is 3. The molecule has 0 amide bonds. The van der Waals surface area contributed by atoms with Crippen molar-refractivity contribution >= 4 is 45.0 Å². The first-order valence-corrected chi connectivity index (χ1v) is 22.3. The van der Waals surface area contributed by atoms with Crippen LogP contribution in [0.25, 0.3) is 0 Å². The van der Waals surface area contributed by atoms with Crippen LogP contribution in [0.4, 0.5) is 0 Å². The van der Waals surface area contributed by atoms with Gasteiger partial charge >= 0.3 is 5.69 Å². The first kappa shape index (κ1) is 36.7. The maximum atomic E-state index is 14.0. The molecule has 0 spiro atoms. The molecule has 1 aromatic carbocycles. The lowest BCUT2D eigenvalue weighted by Crippen LogP contribution is -2.52. The van der Waals surface area contributed by atoms with Gasteiger partial charge in [0.15, 0.2) is 29.0 Å². The number of hydrogen-bond acceptors (Lipinski definition) is 9. The number of aromatic nitrogens is 2. The van der Waals surface area contributed by atoms with Gasteiger partial charge in [-0.05, 0) is 72.4 Å². The first-order valence-electron chi connectivity index (χ1n) is 14.9. The Hall–Kier alpha value is -1.75. The molecule has 9 nitrogen and oxygen atoms in total. The van der Waals surface area contributed by atoms with Crippen molar-refractivity contribution in [3.63, 3.8) is 0 Å². The van der Waals surface area contributed by atoms with E-state index in [0.717, 1.165) is 5.56 Å². The number of hydrogen-bond donors (Lipinski definition) is 0. The summed E-state index contributed by atoms with van der Waals surface area (Å²) < 4.78 is 34.9. The molecule has 2 heterocycles. The number of methoxy groups -OCH3 is 1. The number of thiocarbonyl (C=S) groups is 1. The Bertz CT molecular complexity index is 1410. The second-order valence-corrected chi connectivity index (χ2v) is 25.3. The lowest BCUT2D eigenvalue weighted by molar-refractivity contribution is -0.0507. The summed E-state index contributed by atoms with van der Waals surface area (Å²) in [6.45, 7) is 22.2. The molecule has 1 aliphatic rings. The van der Waals surface area contributed by atoms with Gasteiger partial charge in [-0.2, -0.15) is 0 Å². The van der Waals surface area contributed by atoms with Crippen LogP contribution in [0.5, 0.6) is 5.75 Å². The molecular formula is C31H50N2O7S2Si2. The average Bonchev–Trinajstić information content (AvgIpc) is 3.24. The Morgan fingerprint density at radius 2 is 1.55 bits per heavy atom. The molecule has 0 N–H and O–H groups in total. The van der Waals surface area contributed by atoms with Crippen LogP contribution in [-0.2, 0) is 24.9 Å². The van der Waals surface area contributed by atoms with Gasteiger partial charge in [-0.25, -0.2) is 4.79 Å². The van der Waals surface area contributed by atoms with Crippen molar-refractivity contribution in [2.75, 3.05) is 20.0 Å². The van der Waals surface area contributed by atoms with Crippen LogP contribution in [0.3, 0.4) is 0 Å². The van der Waals surface area contributed by atoms with Crippen molar-refractivity contribution in [3.8, 4) is 5.75 Å². The SMILES string of the molecule is COc1ccc(Cn2c(=O)ccn([C@@H]3O[C@H](CO[Si](C)(C)C(C)(C)C)[C@@H](O[Si](C)(C)C(C)(C)C)[C@H]3OC(=S)SC)c2=O)cc1. The fourth-order valence-electron chi connectivity index (χ4n) is 4.30. The number of nitrogens with zero attached hydrogens (tertiary/aromatic N) is 2. The Morgan fingerprint density at radius 1 is 0.955 bits per heavy atom. The summed E-state index contributed by atoms with van der Waals surface area (Å²) in [5.74, 6) is 0.689. The van der Waals surface area contributed by atoms with Gasteiger partial charge in [-0.3, -0.25) is 13.9 Å². The van der Waals surface area contributed by atoms with Crippen molar-refractivity contribution < 1.29 is 23.1 Å². The molecule has 2 aromatic rings. The summed E-state index contributed by atoms with van der Waals surface area (Å²) in [6, 6.07) is 8.62. The Kier molecular flexibility index (Phi) is 11.6. The molecule has 1 aromatic heterocycles. The fraction of sp³-hybridized carbons (Fsp3) is 0.645. The number of rotatable bonds is 10. The van der Waals surface area contributed by atoms with Crippen LogP contribution in [0.2, 0.25) is 36.3 Å². The predicted molar refractivity (Wildman–Crippen MR) is 187 cm³/mol. The molecule has 0 aliphatic carbocycles. The van der Waals surface area contributed by atoms with Crippen molar-refractivity contribution in [1.82, 2.24) is 9.13 Å². The summed E-state index contributed by atoms with van der Waals surface area (Å²) in [5, 5.41) is -0.103. The number of benzene rings is 1. The largest absolute Gasteiger partial charge is 0.497 e. The van der Waals surface area contributed by atoms with E-state index in [1.165, 1.54) is 33.2 Å². The third-order valence-electron chi connectivity index (χ3n) is 9.21. The van der Waals surface area contributed by atoms with E-state index in [-0.39, 0.29) is 23.2 Å². The lowest BCUT2D eigenvalue weighted by atomic mass is 10.1. The summed E-state index contributed by atoms with van der Waals surface area (Å²) in [7, 11) is -2.92. The molecule has 1 saturated heterocycles. The summed E-state index contributed by atoms with van der Waals surface area (Å²) in [5.41, 5.74) is -0.144. The zero-order valence-electron chi connectivity index (χ0n) is 28.3. The van der Waals surface area contributed by atoms with Crippen molar-refractivity contribution in [1.29, 1.82) is 0 Å². The van der Waals surface area contributed by atoms with E-state index < -0.39 is 52.4 Å². The van der Waals surface area contributed by atoms with Gasteiger partial charge in [0.05, 0.1) is 20.3 Å². The molecule has 3 rings (SSSR count). The quantitative estimate of drug-likeness (QED) is 0.208. The lowest BCUT2D eigenvalue weighted by Gasteiger charge is -2.41. The highest BCUT2D eigenvalue weighted by atomic mass is 32.2. The minimum absolute atomic E-state index is 0.00893. The molecule has 1 aliphatic heterocycles. The average molecular weight is 683 g/mol.